The Morgan fingerprint density at radius 1 is 1.32 bits per heavy atom. The van der Waals surface area contributed by atoms with Crippen molar-refractivity contribution in [2.45, 2.75) is 39.7 Å². The van der Waals surface area contributed by atoms with Crippen molar-refractivity contribution in [1.29, 1.82) is 0 Å². The summed E-state index contributed by atoms with van der Waals surface area (Å²) in [4.78, 5) is 14.0. The lowest BCUT2D eigenvalue weighted by Gasteiger charge is -2.24. The molecule has 1 amide bonds. The van der Waals surface area contributed by atoms with Crippen molar-refractivity contribution >= 4 is 17.3 Å². The van der Waals surface area contributed by atoms with Gasteiger partial charge >= 0.3 is 0 Å². The first kappa shape index (κ1) is 15.3. The second-order valence-corrected chi connectivity index (χ2v) is 4.69. The molecule has 4 nitrogen and oxygen atoms in total. The Hall–Kier alpha value is -1.71. The van der Waals surface area contributed by atoms with Crippen LogP contribution in [0, 0.1) is 0 Å². The number of amides is 1. The molecule has 0 atom stereocenters. The molecule has 0 heterocycles. The minimum atomic E-state index is 0.0676. The highest BCUT2D eigenvalue weighted by Gasteiger charge is 2.12. The van der Waals surface area contributed by atoms with Gasteiger partial charge in [-0.05, 0) is 38.0 Å². The third-order valence-corrected chi connectivity index (χ3v) is 3.30. The van der Waals surface area contributed by atoms with Crippen molar-refractivity contribution in [3.05, 3.63) is 24.3 Å². The van der Waals surface area contributed by atoms with E-state index in [0.717, 1.165) is 30.8 Å². The third kappa shape index (κ3) is 4.81. The van der Waals surface area contributed by atoms with E-state index in [0.29, 0.717) is 6.54 Å². The molecule has 0 bridgehead atoms. The highest BCUT2D eigenvalue weighted by Crippen LogP contribution is 2.16. The molecule has 1 aromatic carbocycles. The van der Waals surface area contributed by atoms with E-state index in [1.165, 1.54) is 0 Å². The van der Waals surface area contributed by atoms with E-state index in [-0.39, 0.29) is 11.9 Å². The Labute approximate surface area is 116 Å². The van der Waals surface area contributed by atoms with Gasteiger partial charge in [0.15, 0.2) is 0 Å². The number of nitrogen functional groups attached to an aromatic ring is 1. The van der Waals surface area contributed by atoms with Gasteiger partial charge in [0.1, 0.15) is 0 Å². The second kappa shape index (κ2) is 7.67. The van der Waals surface area contributed by atoms with Crippen molar-refractivity contribution < 1.29 is 4.79 Å². The van der Waals surface area contributed by atoms with Crippen LogP contribution < -0.4 is 16.0 Å². The van der Waals surface area contributed by atoms with Crippen molar-refractivity contribution in [2.75, 3.05) is 23.7 Å². The fraction of sp³-hybridized carbons (Fsp3) is 0.533. The Bertz CT molecular complexity index is 402. The summed E-state index contributed by atoms with van der Waals surface area (Å²) >= 11 is 0. The van der Waals surface area contributed by atoms with Crippen molar-refractivity contribution in [3.8, 4) is 0 Å². The number of nitrogens with zero attached hydrogens (tertiary/aromatic N) is 1. The van der Waals surface area contributed by atoms with Gasteiger partial charge in [-0.15, -0.1) is 0 Å². The number of nitrogens with two attached hydrogens (primary N) is 1. The van der Waals surface area contributed by atoms with Gasteiger partial charge in [0.05, 0.1) is 6.54 Å². The van der Waals surface area contributed by atoms with Crippen LogP contribution in [-0.2, 0) is 4.79 Å². The lowest BCUT2D eigenvalue weighted by Crippen LogP contribution is -2.41. The molecule has 0 spiro atoms. The Morgan fingerprint density at radius 3 is 2.53 bits per heavy atom. The smallest absolute Gasteiger partial charge is 0.239 e. The van der Waals surface area contributed by atoms with Gasteiger partial charge in [-0.3, -0.25) is 4.79 Å². The maximum absolute atomic E-state index is 12.0. The molecular formula is C15H25N3O. The molecular weight excluding hydrogens is 238 g/mol. The zero-order chi connectivity index (χ0) is 14.3. The van der Waals surface area contributed by atoms with Crippen molar-refractivity contribution in [1.82, 2.24) is 5.32 Å². The molecule has 0 aliphatic rings. The predicted octanol–water partition coefficient (Wildman–Crippen LogP) is 2.40. The van der Waals surface area contributed by atoms with Crippen LogP contribution in [0.15, 0.2) is 24.3 Å². The van der Waals surface area contributed by atoms with Crippen LogP contribution in [0.4, 0.5) is 11.4 Å². The summed E-state index contributed by atoms with van der Waals surface area (Å²) in [5, 5.41) is 3.05. The normalized spacial score (nSPS) is 10.5. The minimum Gasteiger partial charge on any atom is -0.399 e. The van der Waals surface area contributed by atoms with Crippen LogP contribution in [0.2, 0.25) is 0 Å². The van der Waals surface area contributed by atoms with Gasteiger partial charge in [0, 0.05) is 24.0 Å². The maximum Gasteiger partial charge on any atom is 0.239 e. The van der Waals surface area contributed by atoms with Crippen LogP contribution >= 0.6 is 0 Å². The summed E-state index contributed by atoms with van der Waals surface area (Å²) in [6.07, 6.45) is 1.93. The van der Waals surface area contributed by atoms with E-state index in [1.807, 2.05) is 36.1 Å². The highest BCUT2D eigenvalue weighted by atomic mass is 16.2. The Kier molecular flexibility index (Phi) is 6.19. The first-order valence-corrected chi connectivity index (χ1v) is 7.00. The van der Waals surface area contributed by atoms with Gasteiger partial charge in [-0.1, -0.05) is 19.9 Å². The third-order valence-electron chi connectivity index (χ3n) is 3.30. The predicted molar refractivity (Wildman–Crippen MR) is 81.3 cm³/mol. The number of anilines is 2. The maximum atomic E-state index is 12.0. The quantitative estimate of drug-likeness (QED) is 0.743. The largest absolute Gasteiger partial charge is 0.399 e. The number of likely N-dealkylation sites (N-methyl/N-ethyl adjacent to an activating group) is 1. The Morgan fingerprint density at radius 2 is 2.00 bits per heavy atom. The number of carbonyl (C=O) groups excluding carboxylic acids is 1. The van der Waals surface area contributed by atoms with Gasteiger partial charge in [0.25, 0.3) is 0 Å². The lowest BCUT2D eigenvalue weighted by atomic mass is 10.2. The molecule has 0 unspecified atom stereocenters. The van der Waals surface area contributed by atoms with Crippen LogP contribution in [0.25, 0.3) is 0 Å². The zero-order valence-corrected chi connectivity index (χ0v) is 12.1. The van der Waals surface area contributed by atoms with Gasteiger partial charge < -0.3 is 16.0 Å². The molecule has 4 heteroatoms. The van der Waals surface area contributed by atoms with E-state index in [4.69, 9.17) is 5.73 Å². The molecule has 0 aliphatic carbocycles. The van der Waals surface area contributed by atoms with E-state index in [2.05, 4.69) is 19.2 Å². The molecule has 0 radical (unpaired) electrons. The molecule has 106 valence electrons. The standard InChI is InChI=1S/C15H25N3O/c1-4-13(5-2)17-15(19)11-18(6-3)14-9-7-8-12(16)10-14/h7-10,13H,4-6,11,16H2,1-3H3,(H,17,19). The second-order valence-electron chi connectivity index (χ2n) is 4.69. The lowest BCUT2D eigenvalue weighted by molar-refractivity contribution is -0.120. The summed E-state index contributed by atoms with van der Waals surface area (Å²) < 4.78 is 0. The van der Waals surface area contributed by atoms with Gasteiger partial charge in [-0.25, -0.2) is 0 Å². The van der Waals surface area contributed by atoms with Crippen LogP contribution in [0.1, 0.15) is 33.6 Å². The topological polar surface area (TPSA) is 58.4 Å². The fourth-order valence-corrected chi connectivity index (χ4v) is 2.05. The van der Waals surface area contributed by atoms with E-state index in [1.54, 1.807) is 0 Å². The minimum absolute atomic E-state index is 0.0676. The molecule has 1 rings (SSSR count). The zero-order valence-electron chi connectivity index (χ0n) is 12.1. The van der Waals surface area contributed by atoms with Crippen molar-refractivity contribution in [3.63, 3.8) is 0 Å². The summed E-state index contributed by atoms with van der Waals surface area (Å²) in [6.45, 7) is 7.36. The SMILES string of the molecule is CCC(CC)NC(=O)CN(CC)c1cccc(N)c1. The van der Waals surface area contributed by atoms with E-state index < -0.39 is 0 Å². The molecule has 0 aromatic heterocycles. The summed E-state index contributed by atoms with van der Waals surface area (Å²) in [7, 11) is 0. The summed E-state index contributed by atoms with van der Waals surface area (Å²) in [5.74, 6) is 0.0676. The number of hydrogen-bond acceptors (Lipinski definition) is 3. The monoisotopic (exact) mass is 263 g/mol. The number of nitrogens with one attached hydrogen (secondary N) is 1. The molecule has 0 fully saturated rings. The molecule has 1 aromatic rings. The number of rotatable bonds is 7. The van der Waals surface area contributed by atoms with E-state index in [9.17, 15) is 4.79 Å². The number of benzene rings is 1. The first-order valence-electron chi connectivity index (χ1n) is 7.00. The van der Waals surface area contributed by atoms with Gasteiger partial charge in [-0.2, -0.15) is 0 Å². The van der Waals surface area contributed by atoms with Crippen LogP contribution in [-0.4, -0.2) is 25.0 Å². The summed E-state index contributed by atoms with van der Waals surface area (Å²) in [5.41, 5.74) is 7.49. The highest BCUT2D eigenvalue weighted by molar-refractivity contribution is 5.81. The molecule has 0 saturated carbocycles. The first-order chi connectivity index (χ1) is 9.10. The molecule has 3 N–H and O–H groups in total. The average Bonchev–Trinajstić information content (AvgIpc) is 2.42. The van der Waals surface area contributed by atoms with Crippen LogP contribution in [0.3, 0.4) is 0 Å². The Balaban J connectivity index is 2.64. The van der Waals surface area contributed by atoms with Gasteiger partial charge in [0.2, 0.25) is 5.91 Å². The summed E-state index contributed by atoms with van der Waals surface area (Å²) in [6, 6.07) is 7.90. The fourth-order valence-electron chi connectivity index (χ4n) is 2.05. The van der Waals surface area contributed by atoms with Crippen LogP contribution in [0.5, 0.6) is 0 Å². The molecule has 0 aliphatic heterocycles. The molecule has 0 saturated heterocycles. The average molecular weight is 263 g/mol. The van der Waals surface area contributed by atoms with E-state index >= 15 is 0 Å². The molecule has 19 heavy (non-hydrogen) atoms. The number of hydrogen-bond donors (Lipinski definition) is 2. The number of carbonyl (C=O) groups is 1. The van der Waals surface area contributed by atoms with Crippen molar-refractivity contribution in [2.24, 2.45) is 0 Å².